The van der Waals surface area contributed by atoms with Crippen molar-refractivity contribution in [3.63, 3.8) is 0 Å². The molecule has 1 aliphatic rings. The number of carbonyl (C=O) groups excluding carboxylic acids is 2. The van der Waals surface area contributed by atoms with Gasteiger partial charge in [0, 0.05) is 21.8 Å². The Labute approximate surface area is 167 Å². The van der Waals surface area contributed by atoms with E-state index in [9.17, 15) is 9.59 Å². The van der Waals surface area contributed by atoms with Gasteiger partial charge < -0.3 is 10.1 Å². The number of amides is 1. The molecule has 1 N–H and O–H groups in total. The van der Waals surface area contributed by atoms with E-state index in [1.54, 1.807) is 31.2 Å². The highest BCUT2D eigenvalue weighted by Gasteiger charge is 2.27. The predicted molar refractivity (Wildman–Crippen MR) is 109 cm³/mol. The van der Waals surface area contributed by atoms with E-state index < -0.39 is 18.0 Å². The average Bonchev–Trinajstić information content (AvgIpc) is 3.15. The lowest BCUT2D eigenvalue weighted by Crippen LogP contribution is -2.30. The number of esters is 1. The van der Waals surface area contributed by atoms with Gasteiger partial charge in [0.2, 0.25) is 0 Å². The van der Waals surface area contributed by atoms with Crippen LogP contribution in [0.1, 0.15) is 35.0 Å². The number of fused-ring (bicyclic) bond motifs is 2. The molecule has 1 aromatic heterocycles. The van der Waals surface area contributed by atoms with Gasteiger partial charge >= 0.3 is 5.97 Å². The molecule has 0 unspecified atom stereocenters. The number of hydrogen-bond donors (Lipinski definition) is 1. The molecule has 5 nitrogen and oxygen atoms in total. The van der Waals surface area contributed by atoms with Crippen molar-refractivity contribution in [3.8, 4) is 0 Å². The fourth-order valence-corrected chi connectivity index (χ4v) is 3.62. The number of pyridine rings is 1. The number of rotatable bonds is 4. The Bertz CT molecular complexity index is 1060. The number of nitrogens with zero attached hydrogens (tertiary/aromatic N) is 1. The molecule has 0 aliphatic heterocycles. The molecule has 1 heterocycles. The zero-order valence-electron chi connectivity index (χ0n) is 15.4. The highest BCUT2D eigenvalue weighted by molar-refractivity contribution is 6.30. The molecule has 4 rings (SSSR count). The second-order valence-corrected chi connectivity index (χ2v) is 7.26. The van der Waals surface area contributed by atoms with Crippen LogP contribution in [0.3, 0.4) is 0 Å². The van der Waals surface area contributed by atoms with Gasteiger partial charge in [0.05, 0.1) is 11.1 Å². The summed E-state index contributed by atoms with van der Waals surface area (Å²) in [5.74, 6) is -0.888. The summed E-state index contributed by atoms with van der Waals surface area (Å²) in [6, 6.07) is 14.3. The number of nitrogens with one attached hydrogen (secondary N) is 1. The van der Waals surface area contributed by atoms with Crippen LogP contribution in [0.25, 0.3) is 10.9 Å². The zero-order valence-corrected chi connectivity index (χ0v) is 16.1. The second kappa shape index (κ2) is 7.60. The quantitative estimate of drug-likeness (QED) is 0.658. The number of ether oxygens (including phenoxy) is 1. The van der Waals surface area contributed by atoms with Gasteiger partial charge in [-0.1, -0.05) is 29.8 Å². The van der Waals surface area contributed by atoms with Gasteiger partial charge in [-0.3, -0.25) is 9.78 Å². The third-order valence-electron chi connectivity index (χ3n) is 4.89. The van der Waals surface area contributed by atoms with Gasteiger partial charge in [-0.05, 0) is 62.1 Å². The third kappa shape index (κ3) is 3.58. The first-order valence-electron chi connectivity index (χ1n) is 9.21. The summed E-state index contributed by atoms with van der Waals surface area (Å²) in [7, 11) is 0. The lowest BCUT2D eigenvalue weighted by molar-refractivity contribution is -0.123. The van der Waals surface area contributed by atoms with Crippen LogP contribution >= 0.6 is 11.6 Å². The molecule has 0 spiro atoms. The topological polar surface area (TPSA) is 68.3 Å². The van der Waals surface area contributed by atoms with Crippen molar-refractivity contribution in [2.75, 3.05) is 5.32 Å². The van der Waals surface area contributed by atoms with E-state index in [-0.39, 0.29) is 0 Å². The number of benzene rings is 2. The molecule has 0 radical (unpaired) electrons. The van der Waals surface area contributed by atoms with E-state index in [1.165, 1.54) is 0 Å². The average molecular weight is 395 g/mol. The number of para-hydroxylation sites is 1. The molecule has 1 atom stereocenters. The van der Waals surface area contributed by atoms with E-state index in [2.05, 4.69) is 10.3 Å². The smallest absolute Gasteiger partial charge is 0.339 e. The normalized spacial score (nSPS) is 13.8. The molecule has 6 heteroatoms. The maximum Gasteiger partial charge on any atom is 0.339 e. The Morgan fingerprint density at radius 2 is 1.86 bits per heavy atom. The minimum atomic E-state index is -0.938. The van der Waals surface area contributed by atoms with E-state index in [0.29, 0.717) is 16.3 Å². The van der Waals surface area contributed by atoms with Crippen LogP contribution in [-0.4, -0.2) is 23.0 Å². The van der Waals surface area contributed by atoms with Crippen molar-refractivity contribution < 1.29 is 14.3 Å². The maximum atomic E-state index is 13.0. The van der Waals surface area contributed by atoms with Crippen LogP contribution in [0.5, 0.6) is 0 Å². The predicted octanol–water partition coefficient (Wildman–Crippen LogP) is 4.56. The van der Waals surface area contributed by atoms with Crippen molar-refractivity contribution in [2.24, 2.45) is 0 Å². The lowest BCUT2D eigenvalue weighted by Gasteiger charge is -2.16. The molecule has 0 saturated carbocycles. The van der Waals surface area contributed by atoms with Crippen LogP contribution < -0.4 is 5.32 Å². The molecular weight excluding hydrogens is 376 g/mol. The fraction of sp³-hybridized carbons (Fsp3) is 0.227. The number of aromatic nitrogens is 1. The van der Waals surface area contributed by atoms with Gasteiger partial charge in [-0.15, -0.1) is 0 Å². The van der Waals surface area contributed by atoms with Crippen LogP contribution in [0.15, 0.2) is 48.5 Å². The molecule has 1 amide bonds. The minimum absolute atomic E-state index is 0.398. The van der Waals surface area contributed by atoms with Gasteiger partial charge in [0.25, 0.3) is 5.91 Å². The molecule has 3 aromatic rings. The zero-order chi connectivity index (χ0) is 19.7. The summed E-state index contributed by atoms with van der Waals surface area (Å²) in [5.41, 5.74) is 3.78. The van der Waals surface area contributed by atoms with E-state index in [1.807, 2.05) is 24.3 Å². The van der Waals surface area contributed by atoms with Crippen molar-refractivity contribution >= 4 is 40.1 Å². The molecule has 0 fully saturated rings. The fourth-order valence-electron chi connectivity index (χ4n) is 3.49. The van der Waals surface area contributed by atoms with Crippen LogP contribution in [0, 0.1) is 0 Å². The summed E-state index contributed by atoms with van der Waals surface area (Å²) < 4.78 is 5.52. The first kappa shape index (κ1) is 18.4. The van der Waals surface area contributed by atoms with Gasteiger partial charge in [-0.2, -0.15) is 0 Å². The Kier molecular flexibility index (Phi) is 5.01. The number of carbonyl (C=O) groups is 2. The molecule has 1 aliphatic carbocycles. The SMILES string of the molecule is C[C@H](OC(=O)c1c2c(nc3ccccc13)CCC2)C(=O)Nc1ccc(Cl)cc1. The first-order chi connectivity index (χ1) is 13.5. The monoisotopic (exact) mass is 394 g/mol. The highest BCUT2D eigenvalue weighted by atomic mass is 35.5. The van der Waals surface area contributed by atoms with E-state index in [0.717, 1.165) is 41.4 Å². The third-order valence-corrected chi connectivity index (χ3v) is 5.14. The van der Waals surface area contributed by atoms with Gasteiger partial charge in [0.15, 0.2) is 6.10 Å². The van der Waals surface area contributed by atoms with Crippen LogP contribution in [0.4, 0.5) is 5.69 Å². The van der Waals surface area contributed by atoms with Crippen molar-refractivity contribution in [3.05, 3.63) is 70.4 Å². The van der Waals surface area contributed by atoms with Crippen LogP contribution in [0.2, 0.25) is 5.02 Å². The Morgan fingerprint density at radius 3 is 2.64 bits per heavy atom. The van der Waals surface area contributed by atoms with Gasteiger partial charge in [-0.25, -0.2) is 4.79 Å². The van der Waals surface area contributed by atoms with Crippen molar-refractivity contribution in [2.45, 2.75) is 32.3 Å². The maximum absolute atomic E-state index is 13.0. The standard InChI is InChI=1S/C22H19ClN2O3/c1-13(21(26)24-15-11-9-14(23)10-12-15)28-22(27)20-16-5-2-3-7-18(16)25-19-8-4-6-17(19)20/h2-3,5,7,9-13H,4,6,8H2,1H3,(H,24,26)/t13-/m0/s1. The van der Waals surface area contributed by atoms with E-state index in [4.69, 9.17) is 16.3 Å². The molecule has 2 aromatic carbocycles. The summed E-state index contributed by atoms with van der Waals surface area (Å²) in [4.78, 5) is 30.1. The number of aryl methyl sites for hydroxylation is 1. The summed E-state index contributed by atoms with van der Waals surface area (Å²) in [5, 5.41) is 4.07. The largest absolute Gasteiger partial charge is 0.449 e. The van der Waals surface area contributed by atoms with Crippen molar-refractivity contribution in [1.29, 1.82) is 0 Å². The van der Waals surface area contributed by atoms with Crippen molar-refractivity contribution in [1.82, 2.24) is 4.98 Å². The Balaban J connectivity index is 1.57. The Morgan fingerprint density at radius 1 is 1.11 bits per heavy atom. The summed E-state index contributed by atoms with van der Waals surface area (Å²) >= 11 is 5.85. The molecule has 0 saturated heterocycles. The number of anilines is 1. The van der Waals surface area contributed by atoms with Gasteiger partial charge in [0.1, 0.15) is 0 Å². The highest BCUT2D eigenvalue weighted by Crippen LogP contribution is 2.30. The number of hydrogen-bond acceptors (Lipinski definition) is 4. The number of halogens is 1. The second-order valence-electron chi connectivity index (χ2n) is 6.83. The van der Waals surface area contributed by atoms with Crippen LogP contribution in [-0.2, 0) is 22.4 Å². The lowest BCUT2D eigenvalue weighted by atomic mass is 10.0. The van der Waals surface area contributed by atoms with E-state index >= 15 is 0 Å². The molecular formula is C22H19ClN2O3. The molecule has 142 valence electrons. The minimum Gasteiger partial charge on any atom is -0.449 e. The first-order valence-corrected chi connectivity index (χ1v) is 9.58. The molecule has 28 heavy (non-hydrogen) atoms. The Hall–Kier alpha value is -2.92. The summed E-state index contributed by atoms with van der Waals surface area (Å²) in [6.07, 6.45) is 1.67. The summed E-state index contributed by atoms with van der Waals surface area (Å²) in [6.45, 7) is 1.56. The molecule has 0 bridgehead atoms.